The number of carbonyl (C=O) groups excluding carboxylic acids is 11. The Balaban J connectivity index is 1.95. The molecule has 23 nitrogen and oxygen atoms in total. The summed E-state index contributed by atoms with van der Waals surface area (Å²) >= 11 is 0. The van der Waals surface area contributed by atoms with E-state index in [0.717, 1.165) is 19.3 Å². The smallest absolute Gasteiger partial charge is 0.329 e. The van der Waals surface area contributed by atoms with Gasteiger partial charge in [-0.05, 0) is 87.6 Å². The van der Waals surface area contributed by atoms with Crippen LogP contribution in [0.4, 0.5) is 0 Å². The molecule has 0 aliphatic carbocycles. The first-order valence-corrected chi connectivity index (χ1v) is 33.9. The number of amides is 10. The van der Waals surface area contributed by atoms with Crippen LogP contribution in [0.3, 0.4) is 0 Å². The fourth-order valence-corrected chi connectivity index (χ4v) is 11.2. The first-order chi connectivity index (χ1) is 43.2. The number of nitrogens with two attached hydrogens (primary N) is 1. The van der Waals surface area contributed by atoms with Gasteiger partial charge in [0.05, 0.1) is 0 Å². The monoisotopic (exact) mass is 1280 g/mol. The number of ether oxygens (including phenoxy) is 1. The van der Waals surface area contributed by atoms with E-state index in [2.05, 4.69) is 54.8 Å². The van der Waals surface area contributed by atoms with Crippen molar-refractivity contribution in [3.05, 3.63) is 47.7 Å². The number of unbranched alkanes of at least 4 members (excludes halogenated alkanes) is 10. The van der Waals surface area contributed by atoms with E-state index in [1.165, 1.54) is 69.8 Å². The van der Waals surface area contributed by atoms with Crippen LogP contribution in [0.25, 0.3) is 0 Å². The minimum absolute atomic E-state index is 0.00877. The third kappa shape index (κ3) is 25.6. The summed E-state index contributed by atoms with van der Waals surface area (Å²) in [5.74, 6) is -10.7. The highest BCUT2D eigenvalue weighted by Crippen LogP contribution is 2.23. The number of esters is 1. The third-order valence-corrected chi connectivity index (χ3v) is 17.5. The summed E-state index contributed by atoms with van der Waals surface area (Å²) in [5.41, 5.74) is 6.37. The van der Waals surface area contributed by atoms with Crippen LogP contribution < -0.4 is 53.6 Å². The minimum atomic E-state index is -1.76. The van der Waals surface area contributed by atoms with Gasteiger partial charge in [-0.3, -0.25) is 47.9 Å². The van der Waals surface area contributed by atoms with Gasteiger partial charge in [0.1, 0.15) is 66.2 Å². The second kappa shape index (κ2) is 40.8. The second-order valence-corrected chi connectivity index (χ2v) is 26.0. The minimum Gasteiger partial charge on any atom is -0.458 e. The number of rotatable bonds is 32. The summed E-state index contributed by atoms with van der Waals surface area (Å²) in [4.78, 5) is 159. The molecule has 2 saturated heterocycles. The van der Waals surface area contributed by atoms with Gasteiger partial charge < -0.3 is 63.2 Å². The summed E-state index contributed by atoms with van der Waals surface area (Å²) in [6, 6.07) is -2.64. The van der Waals surface area contributed by atoms with Gasteiger partial charge in [-0.1, -0.05) is 190 Å². The number of hydrogen-bond acceptors (Lipinski definition) is 13. The lowest BCUT2D eigenvalue weighted by Gasteiger charge is -2.33. The van der Waals surface area contributed by atoms with Crippen molar-refractivity contribution in [2.45, 2.75) is 272 Å². The molecular weight excluding hydrogens is 1160 g/mol. The van der Waals surface area contributed by atoms with E-state index in [1.807, 2.05) is 13.8 Å². The van der Waals surface area contributed by atoms with Crippen molar-refractivity contribution in [1.29, 1.82) is 0 Å². The van der Waals surface area contributed by atoms with E-state index in [0.29, 0.717) is 37.7 Å². The van der Waals surface area contributed by atoms with Crippen molar-refractivity contribution >= 4 is 65.0 Å². The quantitative estimate of drug-likeness (QED) is 0.0240. The van der Waals surface area contributed by atoms with E-state index in [1.54, 1.807) is 85.7 Å². The molecule has 10 amide bonds. The molecule has 91 heavy (non-hydrogen) atoms. The van der Waals surface area contributed by atoms with E-state index in [4.69, 9.17) is 10.5 Å². The molecule has 12 atom stereocenters. The van der Waals surface area contributed by atoms with Crippen LogP contribution in [0.5, 0.6) is 0 Å². The zero-order chi connectivity index (χ0) is 67.9. The van der Waals surface area contributed by atoms with Crippen LogP contribution in [-0.4, -0.2) is 144 Å². The van der Waals surface area contributed by atoms with Gasteiger partial charge in [0, 0.05) is 19.4 Å². The predicted molar refractivity (Wildman–Crippen MR) is 351 cm³/mol. The van der Waals surface area contributed by atoms with Crippen molar-refractivity contribution in [3.63, 3.8) is 0 Å². The Morgan fingerprint density at radius 3 is 1.82 bits per heavy atom. The molecule has 11 N–H and O–H groups in total. The first-order valence-electron chi connectivity index (χ1n) is 33.9. The molecule has 2 aliphatic rings. The molecule has 2 fully saturated rings. The van der Waals surface area contributed by atoms with Gasteiger partial charge in [0.25, 0.3) is 5.91 Å². The van der Waals surface area contributed by atoms with E-state index < -0.39 is 143 Å². The van der Waals surface area contributed by atoms with Gasteiger partial charge in [0.15, 0.2) is 0 Å². The summed E-state index contributed by atoms with van der Waals surface area (Å²) in [5, 5.41) is 24.8. The lowest BCUT2D eigenvalue weighted by atomic mass is 9.95. The molecule has 0 spiro atoms. The third-order valence-electron chi connectivity index (χ3n) is 17.5. The molecular formula is C68H113N11O12. The van der Waals surface area contributed by atoms with Crippen molar-refractivity contribution < 1.29 is 57.5 Å². The standard InChI is InChI=1S/C68H113N11O12/c1-14-18-19-20-21-22-23-24-25-26-30-37-52(80)73-54(42(7)8)67(89)79-39-32-36-51(79)62(84)71-49(35-31-38-69)60(82)76-56(44(11)15-2)65(87)78-58-46(13)91-68(90)55(43(9)10)75-59(81)48(17-4)70-61(83)50(40-47-33-28-27-29-34-47)72-63(85)53(41(5)6)74-64(86)57(45(12)16-3)77-66(58)88/h17,27-29,33-34,41-46,49-51,53-58H,14-16,18-26,30-32,35-40,69H2,1-13H3,(H,70,83)(H,71,84)(H,72,85)(H,73,80)(H,74,86)(H,75,81)(H,76,82)(H,77,88)(H,78,87)/b48-17-/t44-,45-,46+,49-,50-,51+,53+,54+,55-,56+,57+,58+/m0/s1. The van der Waals surface area contributed by atoms with Crippen LogP contribution in [0, 0.1) is 29.6 Å². The van der Waals surface area contributed by atoms with Crippen LogP contribution in [0.15, 0.2) is 42.1 Å². The Labute approximate surface area is 541 Å². The number of allylic oxidation sites excluding steroid dienone is 1. The Morgan fingerprint density at radius 2 is 1.26 bits per heavy atom. The Morgan fingerprint density at radius 1 is 0.670 bits per heavy atom. The SMILES string of the molecule is C/C=C1\NC(=O)[C@H](Cc2ccccc2)NC(=O)[C@@H](C(C)C)NC(=O)[C@@H]([C@@H](C)CC)NC(=O)[C@H](NC(=O)[C@H](NC(=O)[C@H](CCCN)NC(=O)[C@H]2CCCN2C(=O)[C@H](NC(=O)CCCCCCCCCCCCC)C(C)C)[C@@H](C)CC)[C@@H](C)OC(=O)[C@H](C(C)C)NC1=O. The van der Waals surface area contributed by atoms with Crippen molar-refractivity contribution in [3.8, 4) is 0 Å². The largest absolute Gasteiger partial charge is 0.458 e. The van der Waals surface area contributed by atoms with Crippen LogP contribution in [-0.2, 0) is 63.9 Å². The topological polar surface area (TPSA) is 335 Å². The van der Waals surface area contributed by atoms with Crippen LogP contribution in [0.1, 0.15) is 211 Å². The zero-order valence-corrected chi connectivity index (χ0v) is 56.9. The molecule has 3 rings (SSSR count). The Kier molecular flexibility index (Phi) is 35.2. The fraction of sp³-hybridized carbons (Fsp3) is 0.721. The molecule has 0 radical (unpaired) electrons. The average molecular weight is 1280 g/mol. The number of nitrogens with zero attached hydrogens (tertiary/aromatic N) is 1. The summed E-state index contributed by atoms with van der Waals surface area (Å²) < 4.78 is 5.96. The van der Waals surface area contributed by atoms with Gasteiger partial charge in [-0.15, -0.1) is 0 Å². The van der Waals surface area contributed by atoms with Crippen molar-refractivity contribution in [2.24, 2.45) is 35.3 Å². The molecule has 0 bridgehead atoms. The van der Waals surface area contributed by atoms with E-state index in [9.17, 15) is 52.7 Å². The molecule has 2 aliphatic heterocycles. The van der Waals surface area contributed by atoms with Crippen LogP contribution in [0.2, 0.25) is 0 Å². The maximum Gasteiger partial charge on any atom is 0.329 e. The molecule has 1 aromatic rings. The molecule has 0 saturated carbocycles. The number of nitrogens with one attached hydrogen (secondary N) is 9. The van der Waals surface area contributed by atoms with Crippen molar-refractivity contribution in [2.75, 3.05) is 13.1 Å². The molecule has 512 valence electrons. The van der Waals surface area contributed by atoms with Gasteiger partial charge >= 0.3 is 5.97 Å². The zero-order valence-electron chi connectivity index (χ0n) is 56.9. The van der Waals surface area contributed by atoms with Gasteiger partial charge in [0.2, 0.25) is 53.2 Å². The fourth-order valence-electron chi connectivity index (χ4n) is 11.2. The maximum absolute atomic E-state index is 15.0. The number of benzene rings is 1. The normalized spacial score (nSPS) is 22.8. The molecule has 0 unspecified atom stereocenters. The summed E-state index contributed by atoms with van der Waals surface area (Å²) in [6.07, 6.45) is 14.4. The van der Waals surface area contributed by atoms with Gasteiger partial charge in [-0.25, -0.2) is 4.79 Å². The van der Waals surface area contributed by atoms with Gasteiger partial charge in [-0.2, -0.15) is 0 Å². The summed E-state index contributed by atoms with van der Waals surface area (Å²) in [7, 11) is 0. The van der Waals surface area contributed by atoms with Crippen LogP contribution >= 0.6 is 0 Å². The van der Waals surface area contributed by atoms with E-state index >= 15 is 0 Å². The molecule has 1 aromatic carbocycles. The average Bonchev–Trinajstić information content (AvgIpc) is 1.88. The number of cyclic esters (lactones) is 1. The molecule has 23 heteroatoms. The number of hydrogen-bond donors (Lipinski definition) is 10. The Bertz CT molecular complexity index is 2560. The molecule has 2 heterocycles. The highest BCUT2D eigenvalue weighted by molar-refractivity contribution is 6.02. The number of likely N-dealkylation sites (tertiary alicyclic amines) is 1. The second-order valence-electron chi connectivity index (χ2n) is 26.0. The lowest BCUT2D eigenvalue weighted by molar-refractivity contribution is -0.157. The maximum atomic E-state index is 15.0. The Hall–Kier alpha value is -6.91. The lowest BCUT2D eigenvalue weighted by Crippen LogP contribution is -2.64. The first kappa shape index (κ1) is 78.3. The predicted octanol–water partition coefficient (Wildman–Crippen LogP) is 5.56. The van der Waals surface area contributed by atoms with E-state index in [-0.39, 0.29) is 56.3 Å². The number of carbonyl (C=O) groups is 11. The highest BCUT2D eigenvalue weighted by Gasteiger charge is 2.43. The highest BCUT2D eigenvalue weighted by atomic mass is 16.5. The molecule has 0 aromatic heterocycles. The summed E-state index contributed by atoms with van der Waals surface area (Å²) in [6.45, 7) is 22.8. The van der Waals surface area contributed by atoms with Crippen molar-refractivity contribution in [1.82, 2.24) is 52.8 Å².